The number of aryl methyl sites for hydroxylation is 1. The number of benzene rings is 1. The SMILES string of the molecule is CCc1nnc(SCCCOc2c(C=O)cccc2OC)o1. The van der Waals surface area contributed by atoms with Gasteiger partial charge >= 0.3 is 0 Å². The van der Waals surface area contributed by atoms with Gasteiger partial charge in [-0.2, -0.15) is 0 Å². The van der Waals surface area contributed by atoms with Crippen LogP contribution in [0.4, 0.5) is 0 Å². The van der Waals surface area contributed by atoms with Crippen molar-refractivity contribution in [3.05, 3.63) is 29.7 Å². The summed E-state index contributed by atoms with van der Waals surface area (Å²) in [7, 11) is 1.55. The highest BCUT2D eigenvalue weighted by Crippen LogP contribution is 2.30. The normalized spacial score (nSPS) is 10.5. The van der Waals surface area contributed by atoms with Crippen molar-refractivity contribution in [3.8, 4) is 11.5 Å². The first-order valence-corrected chi connectivity index (χ1v) is 7.97. The first-order chi connectivity index (χ1) is 10.8. The average Bonchev–Trinajstić information content (AvgIpc) is 3.02. The van der Waals surface area contributed by atoms with Crippen LogP contribution in [0.15, 0.2) is 27.8 Å². The molecule has 0 spiro atoms. The van der Waals surface area contributed by atoms with Gasteiger partial charge in [-0.1, -0.05) is 24.8 Å². The van der Waals surface area contributed by atoms with Crippen LogP contribution >= 0.6 is 11.8 Å². The van der Waals surface area contributed by atoms with Gasteiger partial charge in [0, 0.05) is 12.2 Å². The largest absolute Gasteiger partial charge is 0.493 e. The number of methoxy groups -OCH3 is 1. The number of aromatic nitrogens is 2. The zero-order valence-corrected chi connectivity index (χ0v) is 13.4. The molecular weight excluding hydrogens is 304 g/mol. The fourth-order valence-electron chi connectivity index (χ4n) is 1.77. The fourth-order valence-corrected chi connectivity index (χ4v) is 2.46. The molecule has 1 aromatic carbocycles. The third-order valence-corrected chi connectivity index (χ3v) is 3.77. The summed E-state index contributed by atoms with van der Waals surface area (Å²) in [4.78, 5) is 11.0. The van der Waals surface area contributed by atoms with Crippen LogP contribution in [0, 0.1) is 0 Å². The van der Waals surface area contributed by atoms with Crippen LogP contribution in [0.2, 0.25) is 0 Å². The molecule has 6 nitrogen and oxygen atoms in total. The van der Waals surface area contributed by atoms with Crippen molar-refractivity contribution < 1.29 is 18.7 Å². The van der Waals surface area contributed by atoms with Crippen LogP contribution in [0.1, 0.15) is 29.6 Å². The minimum absolute atomic E-state index is 0.475. The van der Waals surface area contributed by atoms with Crippen LogP contribution in [0.3, 0.4) is 0 Å². The van der Waals surface area contributed by atoms with Crippen molar-refractivity contribution in [1.29, 1.82) is 0 Å². The molecule has 2 rings (SSSR count). The molecular formula is C15H18N2O4S. The van der Waals surface area contributed by atoms with E-state index in [4.69, 9.17) is 13.9 Å². The highest BCUT2D eigenvalue weighted by molar-refractivity contribution is 7.99. The molecule has 1 heterocycles. The Bertz CT molecular complexity index is 615. The smallest absolute Gasteiger partial charge is 0.276 e. The monoisotopic (exact) mass is 322 g/mol. The predicted molar refractivity (Wildman–Crippen MR) is 82.9 cm³/mol. The van der Waals surface area contributed by atoms with Crippen LogP contribution in [-0.4, -0.2) is 36.0 Å². The van der Waals surface area contributed by atoms with Crippen LogP contribution in [-0.2, 0) is 6.42 Å². The predicted octanol–water partition coefficient (Wildman–Crippen LogP) is 3.01. The quantitative estimate of drug-likeness (QED) is 0.399. The zero-order valence-electron chi connectivity index (χ0n) is 12.6. The zero-order chi connectivity index (χ0) is 15.8. The number of hydrogen-bond donors (Lipinski definition) is 0. The standard InChI is InChI=1S/C15H18N2O4S/c1-3-13-16-17-15(21-13)22-9-5-8-20-14-11(10-18)6-4-7-12(14)19-2/h4,6-7,10H,3,5,8-9H2,1-2H3. The number of aldehydes is 1. The summed E-state index contributed by atoms with van der Waals surface area (Å²) in [5, 5.41) is 8.41. The molecule has 0 radical (unpaired) electrons. The van der Waals surface area contributed by atoms with Crippen molar-refractivity contribution in [1.82, 2.24) is 10.2 Å². The Balaban J connectivity index is 1.80. The van der Waals surface area contributed by atoms with E-state index in [0.717, 1.165) is 24.9 Å². The first-order valence-electron chi connectivity index (χ1n) is 6.98. The molecule has 1 aromatic heterocycles. The number of carbonyl (C=O) groups excluding carboxylic acids is 1. The van der Waals surface area contributed by atoms with Crippen molar-refractivity contribution in [2.75, 3.05) is 19.5 Å². The van der Waals surface area contributed by atoms with Crippen LogP contribution < -0.4 is 9.47 Å². The van der Waals surface area contributed by atoms with Gasteiger partial charge in [-0.3, -0.25) is 4.79 Å². The Labute approximate surface area is 133 Å². The molecule has 118 valence electrons. The van der Waals surface area contributed by atoms with Gasteiger partial charge in [0.15, 0.2) is 17.8 Å². The lowest BCUT2D eigenvalue weighted by Crippen LogP contribution is -2.03. The van der Waals surface area contributed by atoms with Gasteiger partial charge in [0.2, 0.25) is 5.89 Å². The van der Waals surface area contributed by atoms with E-state index in [9.17, 15) is 4.79 Å². The number of para-hydroxylation sites is 1. The van der Waals surface area contributed by atoms with Crippen molar-refractivity contribution in [3.63, 3.8) is 0 Å². The van der Waals surface area contributed by atoms with Gasteiger partial charge in [0.1, 0.15) is 0 Å². The third-order valence-electron chi connectivity index (χ3n) is 2.87. The summed E-state index contributed by atoms with van der Waals surface area (Å²) in [5.74, 6) is 2.47. The third kappa shape index (κ3) is 4.24. The van der Waals surface area contributed by atoms with Gasteiger partial charge < -0.3 is 13.9 Å². The second-order valence-corrected chi connectivity index (χ2v) is 5.41. The van der Waals surface area contributed by atoms with E-state index in [2.05, 4.69) is 10.2 Å². The second kappa shape index (κ2) is 8.43. The lowest BCUT2D eigenvalue weighted by Gasteiger charge is -2.12. The molecule has 0 N–H and O–H groups in total. The van der Waals surface area contributed by atoms with E-state index in [1.54, 1.807) is 25.3 Å². The first kappa shape index (κ1) is 16.4. The number of rotatable bonds is 9. The highest BCUT2D eigenvalue weighted by Gasteiger charge is 2.10. The molecule has 0 saturated heterocycles. The van der Waals surface area contributed by atoms with Crippen LogP contribution in [0.25, 0.3) is 0 Å². The number of hydrogen-bond acceptors (Lipinski definition) is 7. The van der Waals surface area contributed by atoms with Gasteiger partial charge in [-0.25, -0.2) is 0 Å². The lowest BCUT2D eigenvalue weighted by atomic mass is 10.2. The topological polar surface area (TPSA) is 74.5 Å². The average molecular weight is 322 g/mol. The number of ether oxygens (including phenoxy) is 2. The molecule has 0 aliphatic rings. The summed E-state index contributed by atoms with van der Waals surface area (Å²) in [5.41, 5.74) is 0.483. The van der Waals surface area contributed by atoms with E-state index in [0.29, 0.717) is 34.8 Å². The van der Waals surface area contributed by atoms with Gasteiger partial charge in [0.05, 0.1) is 19.3 Å². The van der Waals surface area contributed by atoms with E-state index in [1.807, 2.05) is 6.92 Å². The van der Waals surface area contributed by atoms with Crippen molar-refractivity contribution >= 4 is 18.0 Å². The molecule has 0 unspecified atom stereocenters. The highest BCUT2D eigenvalue weighted by atomic mass is 32.2. The maximum absolute atomic E-state index is 11.0. The molecule has 0 aliphatic heterocycles. The number of carbonyl (C=O) groups is 1. The maximum atomic E-state index is 11.0. The molecule has 22 heavy (non-hydrogen) atoms. The number of thioether (sulfide) groups is 1. The molecule has 0 amide bonds. The van der Waals surface area contributed by atoms with Gasteiger partial charge in [-0.15, -0.1) is 10.2 Å². The van der Waals surface area contributed by atoms with E-state index in [-0.39, 0.29) is 0 Å². The lowest BCUT2D eigenvalue weighted by molar-refractivity contribution is 0.111. The Morgan fingerprint density at radius 3 is 2.91 bits per heavy atom. The molecule has 2 aromatic rings. The molecule has 0 atom stereocenters. The van der Waals surface area contributed by atoms with Crippen molar-refractivity contribution in [2.45, 2.75) is 25.0 Å². The molecule has 0 bridgehead atoms. The Hall–Kier alpha value is -2.02. The molecule has 7 heteroatoms. The molecule has 0 aliphatic carbocycles. The summed E-state index contributed by atoms with van der Waals surface area (Å²) in [6, 6.07) is 5.22. The fraction of sp³-hybridized carbons (Fsp3) is 0.400. The van der Waals surface area contributed by atoms with E-state index < -0.39 is 0 Å². The summed E-state index contributed by atoms with van der Waals surface area (Å²) in [6.45, 7) is 2.44. The molecule has 0 saturated carbocycles. The second-order valence-electron chi connectivity index (χ2n) is 4.36. The number of nitrogens with zero attached hydrogens (tertiary/aromatic N) is 2. The molecule has 0 fully saturated rings. The Morgan fingerprint density at radius 1 is 1.36 bits per heavy atom. The van der Waals surface area contributed by atoms with Gasteiger partial charge in [0.25, 0.3) is 5.22 Å². The van der Waals surface area contributed by atoms with Crippen LogP contribution in [0.5, 0.6) is 11.5 Å². The Morgan fingerprint density at radius 2 is 2.23 bits per heavy atom. The summed E-state index contributed by atoms with van der Waals surface area (Å²) < 4.78 is 16.3. The van der Waals surface area contributed by atoms with E-state index in [1.165, 1.54) is 11.8 Å². The summed E-state index contributed by atoms with van der Waals surface area (Å²) in [6.07, 6.45) is 2.28. The minimum Gasteiger partial charge on any atom is -0.493 e. The van der Waals surface area contributed by atoms with Crippen molar-refractivity contribution in [2.24, 2.45) is 0 Å². The Kier molecular flexibility index (Phi) is 6.27. The summed E-state index contributed by atoms with van der Waals surface area (Å²) >= 11 is 1.49. The van der Waals surface area contributed by atoms with E-state index >= 15 is 0 Å². The minimum atomic E-state index is 0.475. The van der Waals surface area contributed by atoms with Gasteiger partial charge in [-0.05, 0) is 18.6 Å². The maximum Gasteiger partial charge on any atom is 0.276 e.